The van der Waals surface area contributed by atoms with Gasteiger partial charge in [-0.3, -0.25) is 4.79 Å². The fourth-order valence-electron chi connectivity index (χ4n) is 2.94. The van der Waals surface area contributed by atoms with Crippen LogP contribution >= 0.6 is 0 Å². The number of benzene rings is 2. The molecule has 4 heteroatoms. The van der Waals surface area contributed by atoms with Crippen LogP contribution in [-0.2, 0) is 0 Å². The highest BCUT2D eigenvalue weighted by Gasteiger charge is 2.26. The molecule has 120 valence electrons. The van der Waals surface area contributed by atoms with E-state index in [9.17, 15) is 4.79 Å². The lowest BCUT2D eigenvalue weighted by Gasteiger charge is -2.30. The third-order valence-corrected chi connectivity index (χ3v) is 4.40. The Kier molecular flexibility index (Phi) is 3.65. The Bertz CT molecular complexity index is 879. The maximum absolute atomic E-state index is 12.8. The van der Waals surface area contributed by atoms with E-state index in [1.165, 1.54) is 0 Å². The summed E-state index contributed by atoms with van der Waals surface area (Å²) in [6.07, 6.45) is 2.94. The van der Waals surface area contributed by atoms with Crippen molar-refractivity contribution in [3.05, 3.63) is 71.9 Å². The van der Waals surface area contributed by atoms with Crippen LogP contribution in [0.5, 0.6) is 0 Å². The van der Waals surface area contributed by atoms with Crippen LogP contribution in [0.2, 0.25) is 0 Å². The van der Waals surface area contributed by atoms with Crippen LogP contribution in [0.25, 0.3) is 16.9 Å². The summed E-state index contributed by atoms with van der Waals surface area (Å²) >= 11 is 0. The van der Waals surface area contributed by atoms with Gasteiger partial charge in [-0.25, -0.2) is 4.68 Å². The first kappa shape index (κ1) is 14.7. The summed E-state index contributed by atoms with van der Waals surface area (Å²) in [6, 6.07) is 18.0. The second kappa shape index (κ2) is 5.96. The van der Waals surface area contributed by atoms with Crippen LogP contribution in [0.1, 0.15) is 22.3 Å². The molecule has 0 N–H and O–H groups in total. The van der Waals surface area contributed by atoms with E-state index in [-0.39, 0.29) is 5.91 Å². The normalized spacial score (nSPS) is 13.6. The fraction of sp³-hybridized carbons (Fsp3) is 0.200. The Hall–Kier alpha value is -2.88. The molecule has 0 unspecified atom stereocenters. The average molecular weight is 317 g/mol. The van der Waals surface area contributed by atoms with Crippen LogP contribution in [0.4, 0.5) is 0 Å². The lowest BCUT2D eigenvalue weighted by molar-refractivity contribution is 0.0652. The van der Waals surface area contributed by atoms with E-state index in [0.717, 1.165) is 42.0 Å². The van der Waals surface area contributed by atoms with E-state index in [2.05, 4.69) is 19.1 Å². The van der Waals surface area contributed by atoms with Gasteiger partial charge in [-0.05, 0) is 31.5 Å². The fourth-order valence-corrected chi connectivity index (χ4v) is 2.94. The molecule has 1 fully saturated rings. The molecule has 24 heavy (non-hydrogen) atoms. The SMILES string of the molecule is Cc1cccc(-c2nn(-c3ccccc3)cc2C(=O)N2CCC2)c1. The minimum Gasteiger partial charge on any atom is -0.338 e. The first-order valence-electron chi connectivity index (χ1n) is 8.24. The molecule has 2 aromatic carbocycles. The van der Waals surface area contributed by atoms with Gasteiger partial charge in [0.1, 0.15) is 5.69 Å². The van der Waals surface area contributed by atoms with Gasteiger partial charge < -0.3 is 4.90 Å². The van der Waals surface area contributed by atoms with E-state index in [1.54, 1.807) is 4.68 Å². The zero-order valence-corrected chi connectivity index (χ0v) is 13.6. The summed E-state index contributed by atoms with van der Waals surface area (Å²) in [5, 5.41) is 4.72. The summed E-state index contributed by atoms with van der Waals surface area (Å²) < 4.78 is 1.80. The van der Waals surface area contributed by atoms with E-state index >= 15 is 0 Å². The molecule has 0 saturated carbocycles. The van der Waals surface area contributed by atoms with Gasteiger partial charge in [-0.2, -0.15) is 5.10 Å². The Morgan fingerprint density at radius 3 is 2.50 bits per heavy atom. The number of likely N-dealkylation sites (tertiary alicyclic amines) is 1. The van der Waals surface area contributed by atoms with Crippen molar-refractivity contribution in [2.45, 2.75) is 13.3 Å². The van der Waals surface area contributed by atoms with Gasteiger partial charge in [0.05, 0.1) is 11.3 Å². The van der Waals surface area contributed by atoms with Crippen LogP contribution < -0.4 is 0 Å². The molecule has 4 rings (SSSR count). The average Bonchev–Trinajstić information content (AvgIpc) is 2.99. The van der Waals surface area contributed by atoms with Crippen LogP contribution in [0.15, 0.2) is 60.8 Å². The van der Waals surface area contributed by atoms with Crippen molar-refractivity contribution >= 4 is 5.91 Å². The number of carbonyl (C=O) groups is 1. The van der Waals surface area contributed by atoms with Crippen molar-refractivity contribution < 1.29 is 4.79 Å². The molecular formula is C20H19N3O. The van der Waals surface area contributed by atoms with Crippen molar-refractivity contribution in [1.82, 2.24) is 14.7 Å². The largest absolute Gasteiger partial charge is 0.338 e. The van der Waals surface area contributed by atoms with Crippen molar-refractivity contribution in [3.63, 3.8) is 0 Å². The maximum atomic E-state index is 12.8. The molecule has 1 amide bonds. The number of nitrogens with zero attached hydrogens (tertiary/aromatic N) is 3. The number of hydrogen-bond donors (Lipinski definition) is 0. The first-order chi connectivity index (χ1) is 11.7. The van der Waals surface area contributed by atoms with Crippen molar-refractivity contribution in [3.8, 4) is 16.9 Å². The van der Waals surface area contributed by atoms with Gasteiger partial charge in [0, 0.05) is 24.8 Å². The Morgan fingerprint density at radius 2 is 1.83 bits per heavy atom. The molecule has 0 spiro atoms. The molecule has 1 aliphatic rings. The second-order valence-corrected chi connectivity index (χ2v) is 6.19. The van der Waals surface area contributed by atoms with Gasteiger partial charge in [-0.15, -0.1) is 0 Å². The summed E-state index contributed by atoms with van der Waals surface area (Å²) in [6.45, 7) is 3.72. The number of rotatable bonds is 3. The predicted octanol–water partition coefficient (Wildman–Crippen LogP) is 3.69. The molecule has 4 nitrogen and oxygen atoms in total. The van der Waals surface area contributed by atoms with E-state index < -0.39 is 0 Å². The van der Waals surface area contributed by atoms with Crippen molar-refractivity contribution in [2.24, 2.45) is 0 Å². The van der Waals surface area contributed by atoms with Gasteiger partial charge in [-0.1, -0.05) is 42.0 Å². The molecule has 0 aliphatic carbocycles. The number of amides is 1. The summed E-state index contributed by atoms with van der Waals surface area (Å²) in [5.41, 5.74) is 4.51. The highest BCUT2D eigenvalue weighted by atomic mass is 16.2. The van der Waals surface area contributed by atoms with E-state index in [4.69, 9.17) is 5.10 Å². The van der Waals surface area contributed by atoms with Gasteiger partial charge in [0.2, 0.25) is 0 Å². The number of aryl methyl sites for hydroxylation is 1. The predicted molar refractivity (Wildman–Crippen MR) is 94.3 cm³/mol. The Labute approximate surface area is 141 Å². The molecule has 1 saturated heterocycles. The summed E-state index contributed by atoms with van der Waals surface area (Å²) in [5.74, 6) is 0.0694. The third-order valence-electron chi connectivity index (χ3n) is 4.40. The molecule has 1 aliphatic heterocycles. The molecule has 0 atom stereocenters. The molecule has 3 aromatic rings. The van der Waals surface area contributed by atoms with Crippen LogP contribution in [-0.4, -0.2) is 33.7 Å². The first-order valence-corrected chi connectivity index (χ1v) is 8.24. The van der Waals surface area contributed by atoms with Crippen LogP contribution in [0, 0.1) is 6.92 Å². The quantitative estimate of drug-likeness (QED) is 0.739. The summed E-state index contributed by atoms with van der Waals surface area (Å²) in [4.78, 5) is 14.7. The molecule has 0 radical (unpaired) electrons. The van der Waals surface area contributed by atoms with Crippen LogP contribution in [0.3, 0.4) is 0 Å². The minimum atomic E-state index is 0.0694. The maximum Gasteiger partial charge on any atom is 0.257 e. The van der Waals surface area contributed by atoms with Gasteiger partial charge >= 0.3 is 0 Å². The van der Waals surface area contributed by atoms with E-state index in [0.29, 0.717) is 5.56 Å². The topological polar surface area (TPSA) is 38.1 Å². The van der Waals surface area contributed by atoms with Gasteiger partial charge in [0.25, 0.3) is 5.91 Å². The standard InChI is InChI=1S/C20H19N3O/c1-15-7-5-8-16(13-15)19-18(20(24)22-11-6-12-22)14-23(21-19)17-9-3-2-4-10-17/h2-5,7-10,13-14H,6,11-12H2,1H3. The Morgan fingerprint density at radius 1 is 1.04 bits per heavy atom. The molecule has 2 heterocycles. The number of hydrogen-bond acceptors (Lipinski definition) is 2. The lowest BCUT2D eigenvalue weighted by Crippen LogP contribution is -2.42. The minimum absolute atomic E-state index is 0.0694. The second-order valence-electron chi connectivity index (χ2n) is 6.19. The lowest BCUT2D eigenvalue weighted by atomic mass is 10.0. The molecular weight excluding hydrogens is 298 g/mol. The molecule has 0 bridgehead atoms. The smallest absolute Gasteiger partial charge is 0.257 e. The molecule has 1 aromatic heterocycles. The van der Waals surface area contributed by atoms with Gasteiger partial charge in [0.15, 0.2) is 0 Å². The highest BCUT2D eigenvalue weighted by Crippen LogP contribution is 2.27. The number of aromatic nitrogens is 2. The highest BCUT2D eigenvalue weighted by molar-refractivity contribution is 6.00. The summed E-state index contributed by atoms with van der Waals surface area (Å²) in [7, 11) is 0. The van der Waals surface area contributed by atoms with E-state index in [1.807, 2.05) is 53.6 Å². The number of carbonyl (C=O) groups excluding carboxylic acids is 1. The third kappa shape index (κ3) is 2.60. The van der Waals surface area contributed by atoms with Crippen molar-refractivity contribution in [1.29, 1.82) is 0 Å². The zero-order chi connectivity index (χ0) is 16.5. The monoisotopic (exact) mass is 317 g/mol. The zero-order valence-electron chi connectivity index (χ0n) is 13.6. The van der Waals surface area contributed by atoms with Crippen molar-refractivity contribution in [2.75, 3.05) is 13.1 Å². The number of para-hydroxylation sites is 1. The Balaban J connectivity index is 1.83.